The van der Waals surface area contributed by atoms with E-state index in [-0.39, 0.29) is 27.0 Å². The van der Waals surface area contributed by atoms with Gasteiger partial charge in [-0.25, -0.2) is 13.5 Å². The number of fused-ring (bicyclic) bond motifs is 2. The highest BCUT2D eigenvalue weighted by molar-refractivity contribution is 7.91. The molecule has 0 bridgehead atoms. The topological polar surface area (TPSA) is 139 Å². The van der Waals surface area contributed by atoms with Gasteiger partial charge >= 0.3 is 0 Å². The summed E-state index contributed by atoms with van der Waals surface area (Å²) in [5.41, 5.74) is -2.85. The van der Waals surface area contributed by atoms with Gasteiger partial charge in [0.1, 0.15) is 22.7 Å². The van der Waals surface area contributed by atoms with Crippen LogP contribution in [0.3, 0.4) is 0 Å². The Labute approximate surface area is 206 Å². The molecule has 2 atom stereocenters. The van der Waals surface area contributed by atoms with E-state index in [0.29, 0.717) is 22.1 Å². The third-order valence-electron chi connectivity index (χ3n) is 6.71. The van der Waals surface area contributed by atoms with Gasteiger partial charge in [-0.05, 0) is 75.4 Å². The molecular formula is C26H24N2O7S. The molecule has 3 N–H and O–H groups in total. The predicted molar refractivity (Wildman–Crippen MR) is 131 cm³/mol. The molecule has 1 aliphatic heterocycles. The minimum Gasteiger partial charge on any atom is -0.508 e. The van der Waals surface area contributed by atoms with Crippen LogP contribution >= 0.6 is 0 Å². The van der Waals surface area contributed by atoms with E-state index in [9.17, 15) is 23.4 Å². The summed E-state index contributed by atoms with van der Waals surface area (Å²) in [5, 5.41) is 28.4. The van der Waals surface area contributed by atoms with Gasteiger partial charge in [0.2, 0.25) is 15.7 Å². The third kappa shape index (κ3) is 3.69. The lowest BCUT2D eigenvalue weighted by atomic mass is 9.77. The average molecular weight is 509 g/mol. The Bertz CT molecular complexity index is 1640. The fourth-order valence-corrected chi connectivity index (χ4v) is 5.51. The number of rotatable bonds is 4. The summed E-state index contributed by atoms with van der Waals surface area (Å²) in [6, 6.07) is 16.3. The normalized spacial score (nSPS) is 20.9. The molecule has 5 rings (SSSR count). The molecule has 0 fully saturated rings. The quantitative estimate of drug-likeness (QED) is 0.381. The number of aromatic hydroxyl groups is 1. The zero-order valence-electron chi connectivity index (χ0n) is 19.7. The Kier molecular flexibility index (Phi) is 5.34. The van der Waals surface area contributed by atoms with Crippen LogP contribution in [0, 0.1) is 0 Å². The number of aromatic nitrogens is 2. The molecular weight excluding hydrogens is 484 g/mol. The van der Waals surface area contributed by atoms with Gasteiger partial charge in [0.05, 0.1) is 20.6 Å². The standard InChI is InChI=1S/C26H24N2O7S/c1-25(2)26(3,31)22(34-24-19-7-5-4-6-18(19)23(30)27-28-24)20-14-17(12-13-21(20)35-25)36(32,33)16-10-8-15(29)9-11-16/h4-14,22,29,31H,1-3H3,(H,27,30)/t22-,26+/m1/s1. The molecule has 10 heteroatoms. The van der Waals surface area contributed by atoms with Crippen molar-refractivity contribution in [2.24, 2.45) is 0 Å². The van der Waals surface area contributed by atoms with E-state index in [0.717, 1.165) is 0 Å². The number of aromatic amines is 1. The van der Waals surface area contributed by atoms with E-state index in [4.69, 9.17) is 9.47 Å². The molecule has 36 heavy (non-hydrogen) atoms. The maximum absolute atomic E-state index is 13.3. The van der Waals surface area contributed by atoms with Crippen molar-refractivity contribution >= 4 is 20.6 Å². The Morgan fingerprint density at radius 3 is 2.31 bits per heavy atom. The molecule has 0 saturated carbocycles. The molecule has 9 nitrogen and oxygen atoms in total. The largest absolute Gasteiger partial charge is 0.508 e. The van der Waals surface area contributed by atoms with Crippen LogP contribution in [0.25, 0.3) is 10.8 Å². The molecule has 0 unspecified atom stereocenters. The Morgan fingerprint density at radius 1 is 0.972 bits per heavy atom. The van der Waals surface area contributed by atoms with Crippen LogP contribution in [0.1, 0.15) is 32.4 Å². The number of H-pyrrole nitrogens is 1. The molecule has 1 aromatic heterocycles. The smallest absolute Gasteiger partial charge is 0.272 e. The van der Waals surface area contributed by atoms with Gasteiger partial charge in [-0.2, -0.15) is 0 Å². The van der Waals surface area contributed by atoms with Crippen molar-refractivity contribution in [2.75, 3.05) is 0 Å². The second-order valence-corrected chi connectivity index (χ2v) is 11.3. The second kappa shape index (κ2) is 8.07. The first-order chi connectivity index (χ1) is 16.9. The zero-order valence-corrected chi connectivity index (χ0v) is 20.5. The van der Waals surface area contributed by atoms with E-state index in [1.807, 2.05) is 0 Å². The first-order valence-electron chi connectivity index (χ1n) is 11.2. The summed E-state index contributed by atoms with van der Waals surface area (Å²) < 4.78 is 39.0. The molecule has 1 aliphatic rings. The maximum atomic E-state index is 13.3. The number of hydrogen-bond donors (Lipinski definition) is 3. The van der Waals surface area contributed by atoms with Crippen LogP contribution in [0.4, 0.5) is 0 Å². The summed E-state index contributed by atoms with van der Waals surface area (Å²) >= 11 is 0. The number of nitrogens with zero attached hydrogens (tertiary/aromatic N) is 1. The van der Waals surface area contributed by atoms with Gasteiger partial charge in [0.25, 0.3) is 5.56 Å². The van der Waals surface area contributed by atoms with Crippen LogP contribution in [0.5, 0.6) is 17.4 Å². The molecule has 3 aromatic carbocycles. The van der Waals surface area contributed by atoms with Crippen molar-refractivity contribution in [3.63, 3.8) is 0 Å². The van der Waals surface area contributed by atoms with Crippen LogP contribution in [0.2, 0.25) is 0 Å². The summed E-state index contributed by atoms with van der Waals surface area (Å²) in [4.78, 5) is 12.2. The summed E-state index contributed by atoms with van der Waals surface area (Å²) in [5.74, 6) is 0.362. The minimum absolute atomic E-state index is 0.00479. The van der Waals surface area contributed by atoms with Crippen LogP contribution in [-0.4, -0.2) is 40.0 Å². The van der Waals surface area contributed by atoms with E-state index in [2.05, 4.69) is 10.2 Å². The maximum Gasteiger partial charge on any atom is 0.272 e. The van der Waals surface area contributed by atoms with Crippen LogP contribution < -0.4 is 15.0 Å². The zero-order chi connectivity index (χ0) is 25.9. The lowest BCUT2D eigenvalue weighted by Gasteiger charge is -2.48. The van der Waals surface area contributed by atoms with Crippen molar-refractivity contribution in [1.29, 1.82) is 0 Å². The second-order valence-electron chi connectivity index (χ2n) is 9.36. The van der Waals surface area contributed by atoms with Crippen molar-refractivity contribution in [3.05, 3.63) is 82.6 Å². The monoisotopic (exact) mass is 508 g/mol. The van der Waals surface area contributed by atoms with Gasteiger partial charge in [-0.1, -0.05) is 12.1 Å². The van der Waals surface area contributed by atoms with Crippen molar-refractivity contribution < 1.29 is 28.1 Å². The fourth-order valence-electron chi connectivity index (χ4n) is 4.22. The van der Waals surface area contributed by atoms with Gasteiger partial charge < -0.3 is 19.7 Å². The summed E-state index contributed by atoms with van der Waals surface area (Å²) in [6.07, 6.45) is -1.10. The van der Waals surface area contributed by atoms with Gasteiger partial charge in [-0.3, -0.25) is 4.79 Å². The highest BCUT2D eigenvalue weighted by atomic mass is 32.2. The molecule has 0 aliphatic carbocycles. The van der Waals surface area contributed by atoms with Crippen molar-refractivity contribution in [1.82, 2.24) is 10.2 Å². The number of sulfone groups is 1. The van der Waals surface area contributed by atoms with E-state index >= 15 is 0 Å². The van der Waals surface area contributed by atoms with Gasteiger partial charge in [-0.15, -0.1) is 5.10 Å². The first-order valence-corrected chi connectivity index (χ1v) is 12.6. The highest BCUT2D eigenvalue weighted by Gasteiger charge is 2.54. The van der Waals surface area contributed by atoms with E-state index < -0.39 is 27.1 Å². The number of hydrogen-bond acceptors (Lipinski definition) is 8. The van der Waals surface area contributed by atoms with Gasteiger partial charge in [0, 0.05) is 5.56 Å². The molecule has 0 saturated heterocycles. The van der Waals surface area contributed by atoms with Crippen molar-refractivity contribution in [2.45, 2.75) is 47.9 Å². The number of benzene rings is 3. The Balaban J connectivity index is 1.67. The SMILES string of the molecule is CC1(C)Oc2ccc(S(=O)(=O)c3ccc(O)cc3)cc2[C@@H](Oc2n[nH]c(=O)c3ccccc23)[C@]1(C)O. The lowest BCUT2D eigenvalue weighted by molar-refractivity contribution is -0.174. The average Bonchev–Trinajstić information content (AvgIpc) is 2.83. The van der Waals surface area contributed by atoms with Crippen LogP contribution in [-0.2, 0) is 9.84 Å². The molecule has 186 valence electrons. The molecule has 0 spiro atoms. The molecule has 4 aromatic rings. The molecule has 0 radical (unpaired) electrons. The van der Waals surface area contributed by atoms with Crippen LogP contribution in [0.15, 0.2) is 81.3 Å². The van der Waals surface area contributed by atoms with Crippen molar-refractivity contribution in [3.8, 4) is 17.4 Å². The fraction of sp³-hybridized carbons (Fsp3) is 0.231. The number of nitrogens with one attached hydrogen (secondary N) is 1. The first kappa shape index (κ1) is 23.8. The summed E-state index contributed by atoms with van der Waals surface area (Å²) in [7, 11) is -3.96. The van der Waals surface area contributed by atoms with E-state index in [1.165, 1.54) is 49.4 Å². The Morgan fingerprint density at radius 2 is 1.61 bits per heavy atom. The summed E-state index contributed by atoms with van der Waals surface area (Å²) in [6.45, 7) is 4.94. The van der Waals surface area contributed by atoms with Gasteiger partial charge in [0.15, 0.2) is 6.10 Å². The number of ether oxygens (including phenoxy) is 2. The van der Waals surface area contributed by atoms with E-state index in [1.54, 1.807) is 38.1 Å². The highest BCUT2D eigenvalue weighted by Crippen LogP contribution is 2.49. The molecule has 2 heterocycles. The molecule has 0 amide bonds. The predicted octanol–water partition coefficient (Wildman–Crippen LogP) is 3.50. The number of phenols is 1. The Hall–Kier alpha value is -3.89. The third-order valence-corrected chi connectivity index (χ3v) is 8.47. The minimum atomic E-state index is -3.96. The lowest BCUT2D eigenvalue weighted by Crippen LogP contribution is -2.59. The number of phenolic OH excluding ortho intramolecular Hbond substituents is 1. The number of aliphatic hydroxyl groups is 1.